The van der Waals surface area contributed by atoms with Crippen LogP contribution in [-0.4, -0.2) is 36.6 Å². The predicted octanol–water partition coefficient (Wildman–Crippen LogP) is 1.80. The summed E-state index contributed by atoms with van der Waals surface area (Å²) in [5.74, 6) is 0.724. The first-order valence-corrected chi connectivity index (χ1v) is 9.23. The zero-order valence-electron chi connectivity index (χ0n) is 15.3. The Morgan fingerprint density at radius 2 is 1.67 bits per heavy atom. The molecule has 0 atom stereocenters. The summed E-state index contributed by atoms with van der Waals surface area (Å²) in [6.07, 6.45) is 4.16. The van der Waals surface area contributed by atoms with E-state index >= 15 is 0 Å². The van der Waals surface area contributed by atoms with Crippen molar-refractivity contribution in [1.82, 2.24) is 20.9 Å². The zero-order chi connectivity index (χ0) is 18.9. The third-order valence-electron chi connectivity index (χ3n) is 4.44. The molecule has 0 radical (unpaired) electrons. The van der Waals surface area contributed by atoms with Gasteiger partial charge < -0.3 is 20.9 Å². The largest absolute Gasteiger partial charge is 0.357 e. The lowest BCUT2D eigenvalue weighted by Gasteiger charge is -2.17. The first kappa shape index (κ1) is 18.7. The van der Waals surface area contributed by atoms with Gasteiger partial charge in [-0.1, -0.05) is 30.3 Å². The normalized spacial score (nSPS) is 13.3. The molecular weight excluding hydrogens is 342 g/mol. The average molecular weight is 367 g/mol. The monoisotopic (exact) mass is 367 g/mol. The lowest BCUT2D eigenvalue weighted by Crippen LogP contribution is -2.41. The van der Waals surface area contributed by atoms with Crippen LogP contribution in [0.25, 0.3) is 0 Å². The molecule has 1 fully saturated rings. The number of rotatable bonds is 7. The van der Waals surface area contributed by atoms with Crippen LogP contribution in [0.15, 0.2) is 48.7 Å². The highest BCUT2D eigenvalue weighted by molar-refractivity contribution is 5.83. The summed E-state index contributed by atoms with van der Waals surface area (Å²) < 4.78 is 0. The molecule has 0 saturated carbocycles. The minimum atomic E-state index is -0.366. The van der Waals surface area contributed by atoms with Crippen molar-refractivity contribution >= 4 is 17.8 Å². The Balaban J connectivity index is 1.37. The minimum Gasteiger partial charge on any atom is -0.357 e. The van der Waals surface area contributed by atoms with Gasteiger partial charge in [-0.25, -0.2) is 9.78 Å². The molecule has 7 heteroatoms. The number of hydrogen-bond donors (Lipinski definition) is 3. The number of pyridine rings is 1. The van der Waals surface area contributed by atoms with E-state index in [-0.39, 0.29) is 18.5 Å². The second-order valence-electron chi connectivity index (χ2n) is 6.52. The third kappa shape index (κ3) is 5.99. The van der Waals surface area contributed by atoms with Crippen LogP contribution in [0.3, 0.4) is 0 Å². The second kappa shape index (κ2) is 9.56. The molecule has 0 bridgehead atoms. The maximum atomic E-state index is 12.0. The van der Waals surface area contributed by atoms with Crippen molar-refractivity contribution in [1.29, 1.82) is 0 Å². The van der Waals surface area contributed by atoms with Crippen LogP contribution in [0.2, 0.25) is 0 Å². The fourth-order valence-electron chi connectivity index (χ4n) is 2.95. The maximum Gasteiger partial charge on any atom is 0.315 e. The highest BCUT2D eigenvalue weighted by Crippen LogP contribution is 2.18. The van der Waals surface area contributed by atoms with E-state index in [4.69, 9.17) is 0 Å². The Kier molecular flexibility index (Phi) is 6.62. The van der Waals surface area contributed by atoms with Crippen LogP contribution < -0.4 is 20.9 Å². The fraction of sp³-hybridized carbons (Fsp3) is 0.350. The Hall–Kier alpha value is -3.09. The van der Waals surface area contributed by atoms with Crippen LogP contribution in [0.5, 0.6) is 0 Å². The molecule has 0 spiro atoms. The van der Waals surface area contributed by atoms with Crippen molar-refractivity contribution in [2.45, 2.75) is 25.9 Å². The summed E-state index contributed by atoms with van der Waals surface area (Å²) >= 11 is 0. The van der Waals surface area contributed by atoms with E-state index < -0.39 is 0 Å². The number of anilines is 1. The predicted molar refractivity (Wildman–Crippen MR) is 104 cm³/mol. The number of benzene rings is 1. The van der Waals surface area contributed by atoms with Crippen molar-refractivity contribution in [2.24, 2.45) is 0 Å². The van der Waals surface area contributed by atoms with E-state index in [1.807, 2.05) is 42.5 Å². The molecule has 1 aromatic carbocycles. The lowest BCUT2D eigenvalue weighted by molar-refractivity contribution is -0.120. The van der Waals surface area contributed by atoms with E-state index in [0.29, 0.717) is 13.1 Å². The van der Waals surface area contributed by atoms with E-state index in [9.17, 15) is 9.59 Å². The summed E-state index contributed by atoms with van der Waals surface area (Å²) in [7, 11) is 0. The fourth-order valence-corrected chi connectivity index (χ4v) is 2.95. The molecule has 7 nitrogen and oxygen atoms in total. The van der Waals surface area contributed by atoms with Crippen LogP contribution in [0.4, 0.5) is 10.6 Å². The minimum absolute atomic E-state index is 0.0648. The number of hydrogen-bond acceptors (Lipinski definition) is 4. The topological polar surface area (TPSA) is 86.4 Å². The molecule has 0 unspecified atom stereocenters. The highest BCUT2D eigenvalue weighted by Gasteiger charge is 2.13. The van der Waals surface area contributed by atoms with Gasteiger partial charge in [0, 0.05) is 32.4 Å². The van der Waals surface area contributed by atoms with Gasteiger partial charge in [0.15, 0.2) is 0 Å². The Morgan fingerprint density at radius 3 is 2.44 bits per heavy atom. The molecule has 142 valence electrons. The SMILES string of the molecule is O=C(CNC(=O)NCc1ccccc1)NCc1ccnc(N2CCCC2)c1. The lowest BCUT2D eigenvalue weighted by atomic mass is 10.2. The zero-order valence-corrected chi connectivity index (χ0v) is 15.3. The van der Waals surface area contributed by atoms with Crippen molar-refractivity contribution in [3.05, 3.63) is 59.8 Å². The molecule has 1 saturated heterocycles. The number of amides is 3. The van der Waals surface area contributed by atoms with Crippen LogP contribution >= 0.6 is 0 Å². The molecule has 3 N–H and O–H groups in total. The van der Waals surface area contributed by atoms with E-state index in [1.54, 1.807) is 6.20 Å². The van der Waals surface area contributed by atoms with Gasteiger partial charge in [0.1, 0.15) is 5.82 Å². The summed E-state index contributed by atoms with van der Waals surface area (Å²) in [5.41, 5.74) is 2.00. The first-order valence-electron chi connectivity index (χ1n) is 9.23. The first-order chi connectivity index (χ1) is 13.2. The summed E-state index contributed by atoms with van der Waals surface area (Å²) in [6, 6.07) is 13.1. The van der Waals surface area contributed by atoms with Crippen LogP contribution in [-0.2, 0) is 17.9 Å². The smallest absolute Gasteiger partial charge is 0.315 e. The molecule has 3 amide bonds. The standard InChI is InChI=1S/C20H25N5O2/c26-19(15-24-20(27)23-13-16-6-2-1-3-7-16)22-14-17-8-9-21-18(12-17)25-10-4-5-11-25/h1-3,6-9,12H,4-5,10-11,13-15H2,(H,22,26)(H2,23,24,27). The van der Waals surface area contributed by atoms with Crippen molar-refractivity contribution in [2.75, 3.05) is 24.5 Å². The summed E-state index contributed by atoms with van der Waals surface area (Å²) in [4.78, 5) is 30.4. The summed E-state index contributed by atoms with van der Waals surface area (Å²) in [6.45, 7) is 2.83. The van der Waals surface area contributed by atoms with Gasteiger partial charge in [-0.3, -0.25) is 4.79 Å². The van der Waals surface area contributed by atoms with Crippen molar-refractivity contribution in [3.63, 3.8) is 0 Å². The molecular formula is C20H25N5O2. The number of urea groups is 1. The Labute approximate surface area is 159 Å². The highest BCUT2D eigenvalue weighted by atomic mass is 16.2. The van der Waals surface area contributed by atoms with Gasteiger partial charge in [-0.2, -0.15) is 0 Å². The van der Waals surface area contributed by atoms with Crippen molar-refractivity contribution in [3.8, 4) is 0 Å². The van der Waals surface area contributed by atoms with Gasteiger partial charge in [0.05, 0.1) is 6.54 Å². The van der Waals surface area contributed by atoms with E-state index in [1.165, 1.54) is 12.8 Å². The van der Waals surface area contributed by atoms with Gasteiger partial charge in [-0.15, -0.1) is 0 Å². The molecule has 0 aliphatic carbocycles. The molecule has 2 heterocycles. The number of carbonyl (C=O) groups excluding carboxylic acids is 2. The van der Waals surface area contributed by atoms with E-state index in [2.05, 4.69) is 25.8 Å². The van der Waals surface area contributed by atoms with E-state index in [0.717, 1.165) is 30.0 Å². The number of nitrogens with zero attached hydrogens (tertiary/aromatic N) is 2. The molecule has 1 aliphatic heterocycles. The second-order valence-corrected chi connectivity index (χ2v) is 6.52. The summed E-state index contributed by atoms with van der Waals surface area (Å²) in [5, 5.41) is 8.10. The Bertz CT molecular complexity index is 760. The van der Waals surface area contributed by atoms with Crippen LogP contribution in [0, 0.1) is 0 Å². The van der Waals surface area contributed by atoms with Crippen LogP contribution in [0.1, 0.15) is 24.0 Å². The number of aromatic nitrogens is 1. The number of carbonyl (C=O) groups is 2. The Morgan fingerprint density at radius 1 is 0.926 bits per heavy atom. The molecule has 1 aromatic heterocycles. The van der Waals surface area contributed by atoms with Gasteiger partial charge in [-0.05, 0) is 36.1 Å². The quantitative estimate of drug-likeness (QED) is 0.696. The molecule has 2 aromatic rings. The molecule has 27 heavy (non-hydrogen) atoms. The third-order valence-corrected chi connectivity index (χ3v) is 4.44. The number of nitrogens with one attached hydrogen (secondary N) is 3. The molecule has 3 rings (SSSR count). The van der Waals surface area contributed by atoms with Gasteiger partial charge >= 0.3 is 6.03 Å². The van der Waals surface area contributed by atoms with Crippen molar-refractivity contribution < 1.29 is 9.59 Å². The molecule has 1 aliphatic rings. The van der Waals surface area contributed by atoms with Gasteiger partial charge in [0.25, 0.3) is 0 Å². The average Bonchev–Trinajstić information content (AvgIpc) is 3.25. The maximum absolute atomic E-state index is 12.0. The van der Waals surface area contributed by atoms with Gasteiger partial charge in [0.2, 0.25) is 5.91 Å².